The van der Waals surface area contributed by atoms with Crippen molar-refractivity contribution in [2.24, 2.45) is 0 Å². The minimum absolute atomic E-state index is 0.0688. The summed E-state index contributed by atoms with van der Waals surface area (Å²) in [6.07, 6.45) is 2.78. The molecule has 4 rings (SSSR count). The van der Waals surface area contributed by atoms with Crippen LogP contribution in [0.5, 0.6) is 0 Å². The number of nitrogens with zero attached hydrogens (tertiary/aromatic N) is 3. The number of rotatable bonds is 7. The fourth-order valence-electron chi connectivity index (χ4n) is 5.04. The summed E-state index contributed by atoms with van der Waals surface area (Å²) in [7, 11) is 0. The zero-order valence-electron chi connectivity index (χ0n) is 21.2. The highest BCUT2D eigenvalue weighted by molar-refractivity contribution is 6.11. The van der Waals surface area contributed by atoms with E-state index in [-0.39, 0.29) is 30.3 Å². The first-order chi connectivity index (χ1) is 16.8. The van der Waals surface area contributed by atoms with Crippen LogP contribution in [0.15, 0.2) is 42.5 Å². The summed E-state index contributed by atoms with van der Waals surface area (Å²) in [6.45, 7) is 10.1. The molecule has 0 bridgehead atoms. The maximum atomic E-state index is 13.6. The quantitative estimate of drug-likeness (QED) is 0.632. The summed E-state index contributed by atoms with van der Waals surface area (Å²) < 4.78 is 0. The molecule has 2 heterocycles. The summed E-state index contributed by atoms with van der Waals surface area (Å²) in [5, 5.41) is 2.93. The number of fused-ring (bicyclic) bond motifs is 3. The van der Waals surface area contributed by atoms with E-state index in [2.05, 4.69) is 24.1 Å². The molecule has 1 saturated heterocycles. The van der Waals surface area contributed by atoms with Crippen LogP contribution in [0.3, 0.4) is 0 Å². The second kappa shape index (κ2) is 10.5. The number of anilines is 3. The molecule has 0 aliphatic carbocycles. The Morgan fingerprint density at radius 3 is 2.40 bits per heavy atom. The molecule has 2 aromatic rings. The van der Waals surface area contributed by atoms with Gasteiger partial charge in [0.15, 0.2) is 0 Å². The number of carbonyl (C=O) groups is 3. The lowest BCUT2D eigenvalue weighted by Crippen LogP contribution is -2.56. The van der Waals surface area contributed by atoms with Crippen molar-refractivity contribution in [2.75, 3.05) is 41.3 Å². The highest BCUT2D eigenvalue weighted by atomic mass is 16.2. The highest BCUT2D eigenvalue weighted by Crippen LogP contribution is 2.40. The fourth-order valence-corrected chi connectivity index (χ4v) is 5.04. The van der Waals surface area contributed by atoms with Crippen LogP contribution in [0, 0.1) is 0 Å². The van der Waals surface area contributed by atoms with E-state index in [4.69, 9.17) is 0 Å². The normalized spacial score (nSPS) is 17.2. The van der Waals surface area contributed by atoms with Crippen molar-refractivity contribution < 1.29 is 14.4 Å². The van der Waals surface area contributed by atoms with E-state index in [1.807, 2.05) is 50.2 Å². The molecule has 0 aromatic heterocycles. The van der Waals surface area contributed by atoms with Crippen molar-refractivity contribution in [2.45, 2.75) is 58.9 Å². The Kier molecular flexibility index (Phi) is 7.43. The average Bonchev–Trinajstić information content (AvgIpc) is 2.87. The Balaban J connectivity index is 1.62. The minimum Gasteiger partial charge on any atom is -0.358 e. The number of carbonyl (C=O) groups excluding carboxylic acids is 3. The zero-order valence-corrected chi connectivity index (χ0v) is 21.2. The van der Waals surface area contributed by atoms with Gasteiger partial charge in [-0.05, 0) is 74.9 Å². The number of benzene rings is 2. The van der Waals surface area contributed by atoms with Gasteiger partial charge in [-0.2, -0.15) is 0 Å². The molecule has 2 aromatic carbocycles. The third-order valence-electron chi connectivity index (χ3n) is 7.09. The molecule has 2 aliphatic heterocycles. The summed E-state index contributed by atoms with van der Waals surface area (Å²) in [4.78, 5) is 45.1. The lowest BCUT2D eigenvalue weighted by molar-refractivity contribution is -0.123. The zero-order chi connectivity index (χ0) is 25.1. The van der Waals surface area contributed by atoms with Crippen LogP contribution < -0.4 is 15.1 Å². The summed E-state index contributed by atoms with van der Waals surface area (Å²) >= 11 is 0. The second-order valence-electron chi connectivity index (χ2n) is 9.64. The number of hydrogen-bond acceptors (Lipinski definition) is 4. The third kappa shape index (κ3) is 5.04. The van der Waals surface area contributed by atoms with Crippen LogP contribution >= 0.6 is 0 Å². The first-order valence-corrected chi connectivity index (χ1v) is 12.7. The Labute approximate surface area is 208 Å². The van der Waals surface area contributed by atoms with E-state index < -0.39 is 0 Å². The van der Waals surface area contributed by atoms with E-state index in [1.165, 1.54) is 5.56 Å². The molecule has 35 heavy (non-hydrogen) atoms. The van der Waals surface area contributed by atoms with Crippen LogP contribution in [-0.2, 0) is 9.59 Å². The van der Waals surface area contributed by atoms with Gasteiger partial charge in [0.05, 0.1) is 11.4 Å². The van der Waals surface area contributed by atoms with Gasteiger partial charge in [-0.15, -0.1) is 0 Å². The Hall–Kier alpha value is -3.35. The Morgan fingerprint density at radius 1 is 1.03 bits per heavy atom. The molecule has 2 aliphatic rings. The van der Waals surface area contributed by atoms with Gasteiger partial charge >= 0.3 is 0 Å². The summed E-state index contributed by atoms with van der Waals surface area (Å²) in [6, 6.07) is 13.1. The molecule has 1 fully saturated rings. The van der Waals surface area contributed by atoms with Gasteiger partial charge in [0.1, 0.15) is 12.6 Å². The van der Waals surface area contributed by atoms with Gasteiger partial charge < -0.3 is 15.1 Å². The van der Waals surface area contributed by atoms with E-state index in [9.17, 15) is 14.4 Å². The Bertz CT molecular complexity index is 1090. The molecular weight excluding hydrogens is 440 g/mol. The largest absolute Gasteiger partial charge is 0.358 e. The van der Waals surface area contributed by atoms with Crippen LogP contribution in [-0.4, -0.2) is 54.8 Å². The van der Waals surface area contributed by atoms with E-state index >= 15 is 0 Å². The average molecular weight is 477 g/mol. The predicted molar refractivity (Wildman–Crippen MR) is 140 cm³/mol. The molecule has 0 saturated carbocycles. The smallest absolute Gasteiger partial charge is 0.253 e. The van der Waals surface area contributed by atoms with Gasteiger partial charge in [0.2, 0.25) is 11.8 Å². The predicted octanol–water partition coefficient (Wildman–Crippen LogP) is 4.64. The number of hydrogen-bond donors (Lipinski definition) is 1. The standard InChI is InChI=1S/C28H36N4O3/c1-5-30(6-2)27(34)21-12-15-23-25(17-21)32(28(35)24-9-7-8-16-31(23)24)18-26(33)29-22-13-10-20(11-14-22)19(3)4/h10-15,17,19,24H,5-9,16,18H2,1-4H3,(H,29,33). The molecule has 0 radical (unpaired) electrons. The second-order valence-corrected chi connectivity index (χ2v) is 9.64. The fraction of sp³-hybridized carbons (Fsp3) is 0.464. The van der Waals surface area contributed by atoms with Crippen molar-refractivity contribution in [3.05, 3.63) is 53.6 Å². The highest BCUT2D eigenvalue weighted by Gasteiger charge is 2.40. The summed E-state index contributed by atoms with van der Waals surface area (Å²) in [5.74, 6) is 0.0100. The topological polar surface area (TPSA) is 73.0 Å². The van der Waals surface area contributed by atoms with Gasteiger partial charge in [-0.3, -0.25) is 19.3 Å². The van der Waals surface area contributed by atoms with Gasteiger partial charge in [0.25, 0.3) is 5.91 Å². The lowest BCUT2D eigenvalue weighted by atomic mass is 9.95. The summed E-state index contributed by atoms with van der Waals surface area (Å²) in [5.41, 5.74) is 3.99. The van der Waals surface area contributed by atoms with Crippen molar-refractivity contribution in [3.63, 3.8) is 0 Å². The van der Waals surface area contributed by atoms with Gasteiger partial charge in [-0.25, -0.2) is 0 Å². The number of piperidine rings is 1. The monoisotopic (exact) mass is 476 g/mol. The molecule has 0 spiro atoms. The molecule has 3 amide bonds. The minimum atomic E-state index is -0.265. The molecule has 7 nitrogen and oxygen atoms in total. The van der Waals surface area contributed by atoms with Gasteiger partial charge in [-0.1, -0.05) is 26.0 Å². The number of amides is 3. The molecule has 1 unspecified atom stereocenters. The van der Waals surface area contributed by atoms with Crippen LogP contribution in [0.2, 0.25) is 0 Å². The molecular formula is C28H36N4O3. The maximum Gasteiger partial charge on any atom is 0.253 e. The van der Waals surface area contributed by atoms with E-state index in [1.54, 1.807) is 15.9 Å². The lowest BCUT2D eigenvalue weighted by Gasteiger charge is -2.45. The first-order valence-electron chi connectivity index (χ1n) is 12.7. The first kappa shape index (κ1) is 24.8. The Morgan fingerprint density at radius 2 is 1.74 bits per heavy atom. The molecule has 1 atom stereocenters. The van der Waals surface area contributed by atoms with E-state index in [0.29, 0.717) is 35.9 Å². The maximum absolute atomic E-state index is 13.6. The van der Waals surface area contributed by atoms with Crippen molar-refractivity contribution >= 4 is 34.8 Å². The van der Waals surface area contributed by atoms with Crippen molar-refractivity contribution in [3.8, 4) is 0 Å². The van der Waals surface area contributed by atoms with Gasteiger partial charge in [0, 0.05) is 30.9 Å². The van der Waals surface area contributed by atoms with Crippen LogP contribution in [0.4, 0.5) is 17.1 Å². The van der Waals surface area contributed by atoms with Crippen LogP contribution in [0.25, 0.3) is 0 Å². The number of nitrogens with one attached hydrogen (secondary N) is 1. The van der Waals surface area contributed by atoms with Crippen molar-refractivity contribution in [1.82, 2.24) is 4.90 Å². The molecule has 1 N–H and O–H groups in total. The molecule has 7 heteroatoms. The van der Waals surface area contributed by atoms with E-state index in [0.717, 1.165) is 31.5 Å². The molecule has 186 valence electrons. The third-order valence-corrected chi connectivity index (χ3v) is 7.09. The van der Waals surface area contributed by atoms with Crippen LogP contribution in [0.1, 0.15) is 68.8 Å². The van der Waals surface area contributed by atoms with Crippen molar-refractivity contribution in [1.29, 1.82) is 0 Å². The SMILES string of the molecule is CCN(CC)C(=O)c1ccc2c(c1)N(CC(=O)Nc1ccc(C(C)C)cc1)C(=O)C1CCCCN21.